The van der Waals surface area contributed by atoms with Crippen LogP contribution in [0.2, 0.25) is 5.28 Å². The summed E-state index contributed by atoms with van der Waals surface area (Å²) >= 11 is 9.24. The molecule has 0 atom stereocenters. The summed E-state index contributed by atoms with van der Waals surface area (Å²) < 4.78 is 2.79. The molecule has 0 amide bonds. The molecule has 3 aromatic rings. The zero-order valence-electron chi connectivity index (χ0n) is 11.9. The van der Waals surface area contributed by atoms with E-state index in [1.807, 2.05) is 16.8 Å². The Kier molecular flexibility index (Phi) is 4.54. The summed E-state index contributed by atoms with van der Waals surface area (Å²) in [4.78, 5) is 15.9. The normalized spacial score (nSPS) is 11.0. The maximum Gasteiger partial charge on any atom is 0.200 e. The van der Waals surface area contributed by atoms with Crippen LogP contribution in [-0.4, -0.2) is 29.7 Å². The fourth-order valence-electron chi connectivity index (χ4n) is 2.03. The third-order valence-corrected chi connectivity index (χ3v) is 3.80. The maximum atomic E-state index is 5.87. The minimum absolute atomic E-state index is 0.336. The van der Waals surface area contributed by atoms with Gasteiger partial charge in [-0.25, -0.2) is 14.6 Å². The van der Waals surface area contributed by atoms with E-state index < -0.39 is 0 Å². The van der Waals surface area contributed by atoms with Crippen LogP contribution < -0.4 is 0 Å². The van der Waals surface area contributed by atoms with Gasteiger partial charge in [-0.05, 0) is 46.1 Å². The van der Waals surface area contributed by atoms with Crippen LogP contribution in [0.5, 0.6) is 0 Å². The minimum atomic E-state index is 0.336. The Morgan fingerprint density at radius 1 is 1.27 bits per heavy atom. The Balaban J connectivity index is 2.02. The van der Waals surface area contributed by atoms with Crippen molar-refractivity contribution < 1.29 is 0 Å². The van der Waals surface area contributed by atoms with Gasteiger partial charge >= 0.3 is 0 Å². The molecule has 3 aromatic heterocycles. The monoisotopic (exact) mass is 380 g/mol. The fourth-order valence-corrected chi connectivity index (χ4v) is 2.42. The third-order valence-electron chi connectivity index (χ3n) is 3.14. The van der Waals surface area contributed by atoms with Crippen molar-refractivity contribution in [1.82, 2.24) is 29.7 Å². The number of rotatable bonds is 5. The molecule has 0 radical (unpaired) electrons. The zero-order valence-corrected chi connectivity index (χ0v) is 14.3. The lowest BCUT2D eigenvalue weighted by atomic mass is 10.3. The van der Waals surface area contributed by atoms with Gasteiger partial charge in [-0.1, -0.05) is 13.3 Å². The van der Waals surface area contributed by atoms with Crippen molar-refractivity contribution in [3.63, 3.8) is 0 Å². The molecule has 3 heterocycles. The van der Waals surface area contributed by atoms with Crippen LogP contribution in [0.4, 0.5) is 0 Å². The quantitative estimate of drug-likeness (QED) is 0.726. The molecule has 0 aliphatic carbocycles. The predicted molar refractivity (Wildman–Crippen MR) is 88.5 cm³/mol. The zero-order chi connectivity index (χ0) is 15.5. The molecule has 0 unspecified atom stereocenters. The Morgan fingerprint density at radius 2 is 2.14 bits per heavy atom. The summed E-state index contributed by atoms with van der Waals surface area (Å²) in [5.74, 6) is 1.30. The van der Waals surface area contributed by atoms with Gasteiger partial charge in [-0.15, -0.1) is 5.10 Å². The molecule has 0 fully saturated rings. The van der Waals surface area contributed by atoms with Gasteiger partial charge in [-0.3, -0.25) is 4.98 Å². The van der Waals surface area contributed by atoms with Crippen LogP contribution in [0.15, 0.2) is 29.0 Å². The largest absolute Gasteiger partial charge is 0.326 e. The van der Waals surface area contributed by atoms with Crippen molar-refractivity contribution in [2.24, 2.45) is 0 Å². The van der Waals surface area contributed by atoms with Gasteiger partial charge in [0.05, 0.1) is 6.20 Å². The van der Waals surface area contributed by atoms with E-state index in [4.69, 9.17) is 11.6 Å². The lowest BCUT2D eigenvalue weighted by Crippen LogP contribution is -2.03. The number of halogens is 2. The molecule has 0 bridgehead atoms. The van der Waals surface area contributed by atoms with Crippen molar-refractivity contribution in [1.29, 1.82) is 0 Å². The van der Waals surface area contributed by atoms with Crippen molar-refractivity contribution in [2.75, 3.05) is 0 Å². The van der Waals surface area contributed by atoms with Crippen LogP contribution in [-0.2, 0) is 6.54 Å². The van der Waals surface area contributed by atoms with Gasteiger partial charge in [0.15, 0.2) is 11.6 Å². The molecular formula is C14H14BrClN6. The van der Waals surface area contributed by atoms with Crippen molar-refractivity contribution in [2.45, 2.75) is 26.3 Å². The van der Waals surface area contributed by atoms with E-state index in [2.05, 4.69) is 47.9 Å². The average molecular weight is 382 g/mol. The molecule has 6 nitrogen and oxygen atoms in total. The number of aromatic amines is 1. The summed E-state index contributed by atoms with van der Waals surface area (Å²) in [6, 6.07) is 3.80. The summed E-state index contributed by atoms with van der Waals surface area (Å²) in [7, 11) is 0. The number of aryl methyl sites for hydroxylation is 1. The van der Waals surface area contributed by atoms with E-state index in [0.29, 0.717) is 16.9 Å². The van der Waals surface area contributed by atoms with Crippen molar-refractivity contribution in [3.8, 4) is 23.0 Å². The van der Waals surface area contributed by atoms with Crippen LogP contribution >= 0.6 is 27.5 Å². The summed E-state index contributed by atoms with van der Waals surface area (Å²) in [6.45, 7) is 2.92. The van der Waals surface area contributed by atoms with Crippen molar-refractivity contribution in [3.05, 3.63) is 34.3 Å². The van der Waals surface area contributed by atoms with E-state index in [1.54, 1.807) is 12.4 Å². The van der Waals surface area contributed by atoms with E-state index in [9.17, 15) is 0 Å². The molecule has 1 N–H and O–H groups in total. The maximum absolute atomic E-state index is 5.87. The average Bonchev–Trinajstić information content (AvgIpc) is 3.12. The molecule has 114 valence electrons. The molecule has 0 spiro atoms. The number of H-pyrrole nitrogens is 1. The number of nitrogens with zero attached hydrogens (tertiary/aromatic N) is 5. The predicted octanol–water partition coefficient (Wildman–Crippen LogP) is 3.95. The van der Waals surface area contributed by atoms with E-state index >= 15 is 0 Å². The summed E-state index contributed by atoms with van der Waals surface area (Å²) in [6.07, 6.45) is 5.49. The molecule has 0 aromatic carbocycles. The first-order valence-electron chi connectivity index (χ1n) is 6.95. The van der Waals surface area contributed by atoms with Crippen LogP contribution in [0.25, 0.3) is 23.0 Å². The Morgan fingerprint density at radius 3 is 2.77 bits per heavy atom. The van der Waals surface area contributed by atoms with Gasteiger partial charge in [0.25, 0.3) is 0 Å². The molecule has 0 aliphatic rings. The second-order valence-electron chi connectivity index (χ2n) is 4.79. The molecule has 3 rings (SSSR count). The number of pyridine rings is 1. The van der Waals surface area contributed by atoms with Gasteiger partial charge in [0.1, 0.15) is 11.4 Å². The standard InChI is InChI=1S/C14H14BrClN6/c1-2-3-6-22-13(11-8-18-14(16)19-11)20-12(21-22)10-5-4-9(15)7-17-10/h4-5,7-8H,2-3,6H2,1H3,(H,18,19). The number of hydrogen-bond acceptors (Lipinski definition) is 4. The van der Waals surface area contributed by atoms with Gasteiger partial charge < -0.3 is 4.98 Å². The smallest absolute Gasteiger partial charge is 0.200 e. The highest BCUT2D eigenvalue weighted by molar-refractivity contribution is 9.10. The highest BCUT2D eigenvalue weighted by atomic mass is 79.9. The molecular weight excluding hydrogens is 368 g/mol. The molecule has 22 heavy (non-hydrogen) atoms. The minimum Gasteiger partial charge on any atom is -0.326 e. The lowest BCUT2D eigenvalue weighted by Gasteiger charge is -2.02. The first-order chi connectivity index (χ1) is 10.7. The molecule has 0 saturated heterocycles. The van der Waals surface area contributed by atoms with Gasteiger partial charge in [0.2, 0.25) is 5.28 Å². The molecule has 0 saturated carbocycles. The third kappa shape index (κ3) is 3.20. The number of aromatic nitrogens is 6. The Labute approximate surface area is 141 Å². The second-order valence-corrected chi connectivity index (χ2v) is 6.06. The lowest BCUT2D eigenvalue weighted by molar-refractivity contribution is 0.576. The number of imidazole rings is 1. The second kappa shape index (κ2) is 6.58. The summed E-state index contributed by atoms with van der Waals surface area (Å²) in [5.41, 5.74) is 1.47. The van der Waals surface area contributed by atoms with E-state index in [1.165, 1.54) is 0 Å². The SMILES string of the molecule is CCCCn1nc(-c2ccc(Br)cn2)nc1-c1cnc(Cl)[nH]1. The van der Waals surface area contributed by atoms with Crippen molar-refractivity contribution >= 4 is 27.5 Å². The molecule has 8 heteroatoms. The fraction of sp³-hybridized carbons (Fsp3) is 0.286. The highest BCUT2D eigenvalue weighted by Gasteiger charge is 2.15. The van der Waals surface area contributed by atoms with E-state index in [0.717, 1.165) is 35.2 Å². The Hall–Kier alpha value is -1.73. The highest BCUT2D eigenvalue weighted by Crippen LogP contribution is 2.22. The molecule has 0 aliphatic heterocycles. The van der Waals surface area contributed by atoms with Crippen LogP contribution in [0, 0.1) is 0 Å². The first kappa shape index (κ1) is 15.2. The van der Waals surface area contributed by atoms with E-state index in [-0.39, 0.29) is 0 Å². The van der Waals surface area contributed by atoms with Crippen LogP contribution in [0.3, 0.4) is 0 Å². The topological polar surface area (TPSA) is 72.3 Å². The number of unbranched alkanes of at least 4 members (excludes halogenated alkanes) is 1. The van der Waals surface area contributed by atoms with Gasteiger partial charge in [0, 0.05) is 17.2 Å². The van der Waals surface area contributed by atoms with Gasteiger partial charge in [-0.2, -0.15) is 0 Å². The number of nitrogens with one attached hydrogen (secondary N) is 1. The Bertz CT molecular complexity index is 764. The summed E-state index contributed by atoms with van der Waals surface area (Å²) in [5, 5.41) is 4.91. The van der Waals surface area contributed by atoms with Crippen LogP contribution in [0.1, 0.15) is 19.8 Å². The number of hydrogen-bond donors (Lipinski definition) is 1. The first-order valence-corrected chi connectivity index (χ1v) is 8.12.